The van der Waals surface area contributed by atoms with Crippen LogP contribution in [0.3, 0.4) is 0 Å². The number of aromatic nitrogens is 4. The molecule has 6 nitrogen and oxygen atoms in total. The Balaban J connectivity index is 1.94. The van der Waals surface area contributed by atoms with Gasteiger partial charge in [0.05, 0.1) is 22.3 Å². The molecule has 2 N–H and O–H groups in total. The van der Waals surface area contributed by atoms with Gasteiger partial charge in [0.1, 0.15) is 0 Å². The van der Waals surface area contributed by atoms with Crippen molar-refractivity contribution in [3.8, 4) is 5.69 Å². The maximum Gasteiger partial charge on any atom is 0.368 e. The van der Waals surface area contributed by atoms with Gasteiger partial charge < -0.3 is 5.73 Å². The Morgan fingerprint density at radius 3 is 2.57 bits per heavy atom. The molecule has 0 unspecified atom stereocenters. The summed E-state index contributed by atoms with van der Waals surface area (Å²) in [7, 11) is 0. The van der Waals surface area contributed by atoms with Crippen LogP contribution in [-0.2, 0) is 6.54 Å². The van der Waals surface area contributed by atoms with Gasteiger partial charge in [0.2, 0.25) is 0 Å². The summed E-state index contributed by atoms with van der Waals surface area (Å²) in [6.07, 6.45) is 0. The van der Waals surface area contributed by atoms with Gasteiger partial charge >= 0.3 is 5.69 Å². The predicted octanol–water partition coefficient (Wildman–Crippen LogP) is 2.67. The van der Waals surface area contributed by atoms with Crippen molar-refractivity contribution < 1.29 is 0 Å². The molecule has 118 valence electrons. The number of tetrazole rings is 1. The molecular weight excluding hydrogens is 337 g/mol. The number of hydrogen-bond acceptors (Lipinski definition) is 4. The SMILES string of the molecule is Cc1cc(Cn2nnn(-c3ccc(Cl)c(Cl)c3)c2=O)ccc1N. The molecule has 3 aromatic rings. The lowest BCUT2D eigenvalue weighted by molar-refractivity contribution is 0.631. The van der Waals surface area contributed by atoms with Gasteiger partial charge in [0.15, 0.2) is 0 Å². The first-order valence-electron chi connectivity index (χ1n) is 6.79. The molecule has 0 saturated heterocycles. The summed E-state index contributed by atoms with van der Waals surface area (Å²) in [5, 5.41) is 8.54. The highest BCUT2D eigenvalue weighted by Crippen LogP contribution is 2.23. The van der Waals surface area contributed by atoms with Gasteiger partial charge in [-0.25, -0.2) is 4.79 Å². The van der Waals surface area contributed by atoms with Crippen LogP contribution in [0.15, 0.2) is 41.2 Å². The number of nitrogens with zero attached hydrogens (tertiary/aromatic N) is 4. The Morgan fingerprint density at radius 2 is 1.87 bits per heavy atom. The second-order valence-corrected chi connectivity index (χ2v) is 5.93. The quantitative estimate of drug-likeness (QED) is 0.737. The Hall–Kier alpha value is -2.31. The van der Waals surface area contributed by atoms with E-state index in [9.17, 15) is 4.79 Å². The third-order valence-corrected chi connectivity index (χ3v) is 4.19. The highest BCUT2D eigenvalue weighted by molar-refractivity contribution is 6.42. The topological polar surface area (TPSA) is 78.7 Å². The minimum atomic E-state index is -0.363. The molecule has 0 fully saturated rings. The van der Waals surface area contributed by atoms with E-state index in [0.717, 1.165) is 11.1 Å². The van der Waals surface area contributed by atoms with Crippen molar-refractivity contribution in [3.63, 3.8) is 0 Å². The molecule has 0 aliphatic rings. The Kier molecular flexibility index (Phi) is 4.11. The van der Waals surface area contributed by atoms with Gasteiger partial charge in [-0.3, -0.25) is 0 Å². The summed E-state index contributed by atoms with van der Waals surface area (Å²) in [5.41, 5.74) is 8.51. The van der Waals surface area contributed by atoms with Gasteiger partial charge in [-0.15, -0.1) is 0 Å². The lowest BCUT2D eigenvalue weighted by Crippen LogP contribution is -2.24. The molecule has 0 spiro atoms. The third kappa shape index (κ3) is 3.09. The number of hydrogen-bond donors (Lipinski definition) is 1. The smallest absolute Gasteiger partial charge is 0.368 e. The molecule has 8 heteroatoms. The molecule has 3 rings (SSSR count). The zero-order valence-electron chi connectivity index (χ0n) is 12.2. The number of rotatable bonds is 3. The predicted molar refractivity (Wildman–Crippen MR) is 90.3 cm³/mol. The Bertz CT molecular complexity index is 932. The second kappa shape index (κ2) is 6.06. The van der Waals surface area contributed by atoms with E-state index in [0.29, 0.717) is 28.0 Å². The van der Waals surface area contributed by atoms with E-state index < -0.39 is 0 Å². The van der Waals surface area contributed by atoms with E-state index in [2.05, 4.69) is 10.4 Å². The molecule has 0 bridgehead atoms. The number of nitrogens with two attached hydrogens (primary N) is 1. The van der Waals surface area contributed by atoms with E-state index in [1.165, 1.54) is 9.36 Å². The molecular formula is C15H13Cl2N5O. The monoisotopic (exact) mass is 349 g/mol. The fourth-order valence-electron chi connectivity index (χ4n) is 2.16. The summed E-state index contributed by atoms with van der Waals surface area (Å²) in [4.78, 5) is 12.4. The van der Waals surface area contributed by atoms with Crippen molar-refractivity contribution in [1.82, 2.24) is 19.8 Å². The van der Waals surface area contributed by atoms with Gasteiger partial charge in [0, 0.05) is 5.69 Å². The zero-order valence-corrected chi connectivity index (χ0v) is 13.7. The number of halogens is 2. The molecule has 1 aromatic heterocycles. The van der Waals surface area contributed by atoms with E-state index in [4.69, 9.17) is 28.9 Å². The summed E-state index contributed by atoms with van der Waals surface area (Å²) in [5.74, 6) is 0. The van der Waals surface area contributed by atoms with Crippen molar-refractivity contribution in [3.05, 3.63) is 68.1 Å². The third-order valence-electron chi connectivity index (χ3n) is 3.45. The molecule has 0 aliphatic carbocycles. The lowest BCUT2D eigenvalue weighted by Gasteiger charge is -2.04. The van der Waals surface area contributed by atoms with Gasteiger partial charge in [0.25, 0.3) is 0 Å². The van der Waals surface area contributed by atoms with Gasteiger partial charge in [-0.1, -0.05) is 35.3 Å². The lowest BCUT2D eigenvalue weighted by atomic mass is 10.1. The van der Waals surface area contributed by atoms with Crippen LogP contribution >= 0.6 is 23.2 Å². The normalized spacial score (nSPS) is 10.9. The first kappa shape index (κ1) is 15.6. The van der Waals surface area contributed by atoms with Crippen LogP contribution in [0.2, 0.25) is 10.0 Å². The average molecular weight is 350 g/mol. The summed E-state index contributed by atoms with van der Waals surface area (Å²) in [6.45, 7) is 2.22. The molecule has 0 atom stereocenters. The number of anilines is 1. The molecule has 1 heterocycles. The van der Waals surface area contributed by atoms with Crippen molar-refractivity contribution in [1.29, 1.82) is 0 Å². The second-order valence-electron chi connectivity index (χ2n) is 5.12. The summed E-state index contributed by atoms with van der Waals surface area (Å²) in [6, 6.07) is 10.4. The fraction of sp³-hybridized carbons (Fsp3) is 0.133. The average Bonchev–Trinajstić information content (AvgIpc) is 2.87. The van der Waals surface area contributed by atoms with Crippen LogP contribution in [0.4, 0.5) is 5.69 Å². The van der Waals surface area contributed by atoms with E-state index in [-0.39, 0.29) is 5.69 Å². The summed E-state index contributed by atoms with van der Waals surface area (Å²) >= 11 is 11.8. The van der Waals surface area contributed by atoms with E-state index in [1.54, 1.807) is 24.3 Å². The van der Waals surface area contributed by atoms with Crippen molar-refractivity contribution in [2.24, 2.45) is 0 Å². The Morgan fingerprint density at radius 1 is 1.09 bits per heavy atom. The Labute approximate surface area is 142 Å². The molecule has 0 saturated carbocycles. The highest BCUT2D eigenvalue weighted by atomic mass is 35.5. The molecule has 23 heavy (non-hydrogen) atoms. The number of benzene rings is 2. The largest absolute Gasteiger partial charge is 0.399 e. The maximum atomic E-state index is 12.4. The molecule has 0 aliphatic heterocycles. The molecule has 0 radical (unpaired) electrons. The van der Waals surface area contributed by atoms with Crippen molar-refractivity contribution in [2.45, 2.75) is 13.5 Å². The first-order chi connectivity index (χ1) is 11.0. The zero-order chi connectivity index (χ0) is 16.6. The van der Waals surface area contributed by atoms with Crippen LogP contribution in [-0.4, -0.2) is 19.8 Å². The first-order valence-corrected chi connectivity index (χ1v) is 7.54. The van der Waals surface area contributed by atoms with Crippen LogP contribution < -0.4 is 11.4 Å². The van der Waals surface area contributed by atoms with Gasteiger partial charge in [-0.2, -0.15) is 9.36 Å². The minimum Gasteiger partial charge on any atom is -0.399 e. The highest BCUT2D eigenvalue weighted by Gasteiger charge is 2.11. The number of nitrogen functional groups attached to an aromatic ring is 1. The van der Waals surface area contributed by atoms with Gasteiger partial charge in [-0.05, 0) is 52.7 Å². The minimum absolute atomic E-state index is 0.307. The van der Waals surface area contributed by atoms with Crippen LogP contribution in [0.1, 0.15) is 11.1 Å². The van der Waals surface area contributed by atoms with Crippen LogP contribution in [0.25, 0.3) is 5.69 Å². The molecule has 0 amide bonds. The van der Waals surface area contributed by atoms with Crippen molar-refractivity contribution >= 4 is 28.9 Å². The van der Waals surface area contributed by atoms with E-state index in [1.807, 2.05) is 19.1 Å². The van der Waals surface area contributed by atoms with Crippen molar-refractivity contribution in [2.75, 3.05) is 5.73 Å². The molecule has 2 aromatic carbocycles. The number of aryl methyl sites for hydroxylation is 1. The summed E-state index contributed by atoms with van der Waals surface area (Å²) < 4.78 is 2.44. The van der Waals surface area contributed by atoms with Crippen LogP contribution in [0.5, 0.6) is 0 Å². The van der Waals surface area contributed by atoms with Crippen LogP contribution in [0, 0.1) is 6.92 Å². The standard InChI is InChI=1S/C15H13Cl2N5O/c1-9-6-10(2-5-14(9)18)8-21-15(23)22(20-19-21)11-3-4-12(16)13(17)7-11/h2-7H,8,18H2,1H3. The fourth-order valence-corrected chi connectivity index (χ4v) is 2.45. The van der Waals surface area contributed by atoms with E-state index >= 15 is 0 Å². The maximum absolute atomic E-state index is 12.4.